The SMILES string of the molecule is CC(C)N1CCN(c2nc(Cl)ncc2N)CC1. The van der Waals surface area contributed by atoms with Crippen molar-refractivity contribution in [2.75, 3.05) is 36.8 Å². The van der Waals surface area contributed by atoms with E-state index < -0.39 is 0 Å². The van der Waals surface area contributed by atoms with Gasteiger partial charge in [0.1, 0.15) is 0 Å². The molecule has 94 valence electrons. The number of piperazine rings is 1. The summed E-state index contributed by atoms with van der Waals surface area (Å²) in [6.07, 6.45) is 1.57. The molecule has 1 aromatic heterocycles. The lowest BCUT2D eigenvalue weighted by Crippen LogP contribution is -2.49. The summed E-state index contributed by atoms with van der Waals surface area (Å²) in [4.78, 5) is 12.7. The second-order valence-corrected chi connectivity index (χ2v) is 4.87. The lowest BCUT2D eigenvalue weighted by molar-refractivity contribution is 0.209. The molecule has 0 amide bonds. The Morgan fingerprint density at radius 1 is 1.29 bits per heavy atom. The number of rotatable bonds is 2. The average molecular weight is 256 g/mol. The van der Waals surface area contributed by atoms with Crippen LogP contribution >= 0.6 is 11.6 Å². The van der Waals surface area contributed by atoms with Crippen LogP contribution in [0.4, 0.5) is 11.5 Å². The number of nitrogens with two attached hydrogens (primary N) is 1. The first-order valence-corrected chi connectivity index (χ1v) is 6.22. The summed E-state index contributed by atoms with van der Waals surface area (Å²) in [5, 5.41) is 0.250. The molecular formula is C11H18ClN5. The minimum absolute atomic E-state index is 0.250. The van der Waals surface area contributed by atoms with Crippen molar-refractivity contribution in [3.8, 4) is 0 Å². The van der Waals surface area contributed by atoms with Gasteiger partial charge in [-0.25, -0.2) is 4.98 Å². The van der Waals surface area contributed by atoms with Crippen LogP contribution in [0.25, 0.3) is 0 Å². The molecule has 0 radical (unpaired) electrons. The molecule has 1 aliphatic rings. The van der Waals surface area contributed by atoms with Crippen molar-refractivity contribution in [3.63, 3.8) is 0 Å². The molecule has 1 fully saturated rings. The molecule has 0 atom stereocenters. The number of hydrogen-bond acceptors (Lipinski definition) is 5. The Labute approximate surface area is 107 Å². The zero-order chi connectivity index (χ0) is 12.4. The van der Waals surface area contributed by atoms with Crippen LogP contribution in [0.3, 0.4) is 0 Å². The highest BCUT2D eigenvalue weighted by Gasteiger charge is 2.21. The molecule has 0 bridgehead atoms. The van der Waals surface area contributed by atoms with Crippen LogP contribution in [0, 0.1) is 0 Å². The van der Waals surface area contributed by atoms with Crippen molar-refractivity contribution in [1.82, 2.24) is 14.9 Å². The highest BCUT2D eigenvalue weighted by molar-refractivity contribution is 6.28. The first kappa shape index (κ1) is 12.4. The topological polar surface area (TPSA) is 58.3 Å². The largest absolute Gasteiger partial charge is 0.394 e. The average Bonchev–Trinajstić information content (AvgIpc) is 2.32. The van der Waals surface area contributed by atoms with E-state index in [0.29, 0.717) is 11.7 Å². The first-order valence-electron chi connectivity index (χ1n) is 5.85. The van der Waals surface area contributed by atoms with Gasteiger partial charge in [0.15, 0.2) is 5.82 Å². The molecule has 0 aliphatic carbocycles. The van der Waals surface area contributed by atoms with E-state index in [9.17, 15) is 0 Å². The Bertz CT molecular complexity index is 387. The molecule has 1 aliphatic heterocycles. The zero-order valence-corrected chi connectivity index (χ0v) is 11.0. The molecular weight excluding hydrogens is 238 g/mol. The highest BCUT2D eigenvalue weighted by Crippen LogP contribution is 2.22. The molecule has 1 aromatic rings. The predicted octanol–water partition coefficient (Wildman–Crippen LogP) is 1.24. The van der Waals surface area contributed by atoms with E-state index in [1.54, 1.807) is 6.20 Å². The summed E-state index contributed by atoms with van der Waals surface area (Å²) in [5.74, 6) is 0.758. The van der Waals surface area contributed by atoms with Crippen LogP contribution in [0.1, 0.15) is 13.8 Å². The number of nitrogens with zero attached hydrogens (tertiary/aromatic N) is 4. The van der Waals surface area contributed by atoms with Crippen LogP contribution in [-0.2, 0) is 0 Å². The lowest BCUT2D eigenvalue weighted by atomic mass is 10.2. The third-order valence-electron chi connectivity index (χ3n) is 3.11. The predicted molar refractivity (Wildman–Crippen MR) is 70.4 cm³/mol. The van der Waals surface area contributed by atoms with Gasteiger partial charge in [-0.3, -0.25) is 4.90 Å². The fourth-order valence-electron chi connectivity index (χ4n) is 2.06. The summed E-state index contributed by atoms with van der Waals surface area (Å²) in [6.45, 7) is 8.33. The Kier molecular flexibility index (Phi) is 3.69. The molecule has 5 nitrogen and oxygen atoms in total. The molecule has 17 heavy (non-hydrogen) atoms. The van der Waals surface area contributed by atoms with Gasteiger partial charge >= 0.3 is 0 Å². The molecule has 0 unspecified atom stereocenters. The van der Waals surface area contributed by atoms with Crippen molar-refractivity contribution < 1.29 is 0 Å². The summed E-state index contributed by atoms with van der Waals surface area (Å²) >= 11 is 5.80. The lowest BCUT2D eigenvalue weighted by Gasteiger charge is -2.37. The van der Waals surface area contributed by atoms with Gasteiger partial charge in [0.2, 0.25) is 5.28 Å². The van der Waals surface area contributed by atoms with Gasteiger partial charge in [0, 0.05) is 32.2 Å². The smallest absolute Gasteiger partial charge is 0.224 e. The Morgan fingerprint density at radius 2 is 1.94 bits per heavy atom. The summed E-state index contributed by atoms with van der Waals surface area (Å²) in [7, 11) is 0. The standard InChI is InChI=1S/C11H18ClN5/c1-8(2)16-3-5-17(6-4-16)10-9(13)7-14-11(12)15-10/h7-8H,3-6,13H2,1-2H3. The van der Waals surface area contributed by atoms with E-state index in [-0.39, 0.29) is 5.28 Å². The molecule has 0 spiro atoms. The highest BCUT2D eigenvalue weighted by atomic mass is 35.5. The maximum Gasteiger partial charge on any atom is 0.224 e. The van der Waals surface area contributed by atoms with Gasteiger partial charge < -0.3 is 10.6 Å². The monoisotopic (exact) mass is 255 g/mol. The van der Waals surface area contributed by atoms with E-state index in [4.69, 9.17) is 17.3 Å². The first-order chi connectivity index (χ1) is 8.08. The molecule has 1 saturated heterocycles. The summed E-state index contributed by atoms with van der Waals surface area (Å²) < 4.78 is 0. The fourth-order valence-corrected chi connectivity index (χ4v) is 2.19. The molecule has 0 saturated carbocycles. The van der Waals surface area contributed by atoms with Gasteiger partial charge in [-0.2, -0.15) is 4.98 Å². The van der Waals surface area contributed by atoms with Crippen LogP contribution < -0.4 is 10.6 Å². The Balaban J connectivity index is 2.07. The van der Waals surface area contributed by atoms with Crippen LogP contribution in [0.2, 0.25) is 5.28 Å². The number of nitrogen functional groups attached to an aromatic ring is 1. The van der Waals surface area contributed by atoms with Crippen LogP contribution in [0.5, 0.6) is 0 Å². The van der Waals surface area contributed by atoms with Gasteiger partial charge in [-0.05, 0) is 25.4 Å². The van der Waals surface area contributed by atoms with E-state index >= 15 is 0 Å². The molecule has 2 rings (SSSR count). The molecule has 2 N–H and O–H groups in total. The normalized spacial score (nSPS) is 17.8. The number of aromatic nitrogens is 2. The van der Waals surface area contributed by atoms with Crippen molar-refractivity contribution in [2.45, 2.75) is 19.9 Å². The van der Waals surface area contributed by atoms with Gasteiger partial charge in [0.05, 0.1) is 11.9 Å². The van der Waals surface area contributed by atoms with E-state index in [2.05, 4.69) is 33.6 Å². The van der Waals surface area contributed by atoms with Crippen LogP contribution in [0.15, 0.2) is 6.20 Å². The van der Waals surface area contributed by atoms with E-state index in [1.165, 1.54) is 0 Å². The molecule has 6 heteroatoms. The van der Waals surface area contributed by atoms with Gasteiger partial charge in [0.25, 0.3) is 0 Å². The number of halogens is 1. The minimum atomic E-state index is 0.250. The quantitative estimate of drug-likeness (QED) is 0.806. The Hall–Kier alpha value is -1.07. The Morgan fingerprint density at radius 3 is 2.53 bits per heavy atom. The number of hydrogen-bond donors (Lipinski definition) is 1. The maximum atomic E-state index is 5.88. The number of anilines is 2. The van der Waals surface area contributed by atoms with Crippen LogP contribution in [-0.4, -0.2) is 47.1 Å². The molecule has 2 heterocycles. The van der Waals surface area contributed by atoms with Crippen molar-refractivity contribution in [3.05, 3.63) is 11.5 Å². The van der Waals surface area contributed by atoms with Gasteiger partial charge in [-0.1, -0.05) is 0 Å². The summed E-state index contributed by atoms with van der Waals surface area (Å²) in [5.41, 5.74) is 6.47. The fraction of sp³-hybridized carbons (Fsp3) is 0.636. The van der Waals surface area contributed by atoms with E-state index in [1.807, 2.05) is 0 Å². The van der Waals surface area contributed by atoms with Crippen molar-refractivity contribution in [1.29, 1.82) is 0 Å². The second kappa shape index (κ2) is 5.06. The zero-order valence-electron chi connectivity index (χ0n) is 10.2. The molecule has 0 aromatic carbocycles. The maximum absolute atomic E-state index is 5.88. The van der Waals surface area contributed by atoms with Gasteiger partial charge in [-0.15, -0.1) is 0 Å². The van der Waals surface area contributed by atoms with Crippen molar-refractivity contribution >= 4 is 23.1 Å². The summed E-state index contributed by atoms with van der Waals surface area (Å²) in [6, 6.07) is 0.587. The minimum Gasteiger partial charge on any atom is -0.394 e. The van der Waals surface area contributed by atoms with Crippen molar-refractivity contribution in [2.24, 2.45) is 0 Å². The van der Waals surface area contributed by atoms with E-state index in [0.717, 1.165) is 32.0 Å². The second-order valence-electron chi connectivity index (χ2n) is 4.53. The third kappa shape index (κ3) is 2.79. The third-order valence-corrected chi connectivity index (χ3v) is 3.29.